The SMILES string of the molecule is O=C([O-])C1CCN(C(=O)c2ccc([N+](=O)[O-])cc2)CC1. The van der Waals surface area contributed by atoms with Crippen LogP contribution in [0.5, 0.6) is 0 Å². The minimum Gasteiger partial charge on any atom is -0.550 e. The summed E-state index contributed by atoms with van der Waals surface area (Å²) in [4.78, 5) is 34.4. The average Bonchev–Trinajstić information content (AvgIpc) is 2.46. The number of nitro groups is 1. The van der Waals surface area contributed by atoms with E-state index in [1.165, 1.54) is 24.3 Å². The number of hydrogen-bond acceptors (Lipinski definition) is 5. The topological polar surface area (TPSA) is 104 Å². The number of carboxylic acid groups (broad SMARTS) is 1. The summed E-state index contributed by atoms with van der Waals surface area (Å²) < 4.78 is 0. The van der Waals surface area contributed by atoms with Gasteiger partial charge in [-0.3, -0.25) is 14.9 Å². The molecule has 0 aliphatic carbocycles. The Morgan fingerprint density at radius 2 is 1.70 bits per heavy atom. The van der Waals surface area contributed by atoms with E-state index in [1.807, 2.05) is 0 Å². The normalized spacial score (nSPS) is 15.9. The monoisotopic (exact) mass is 277 g/mol. The summed E-state index contributed by atoms with van der Waals surface area (Å²) in [6, 6.07) is 5.37. The Labute approximate surface area is 115 Å². The van der Waals surface area contributed by atoms with Crippen LogP contribution in [0.1, 0.15) is 23.2 Å². The van der Waals surface area contributed by atoms with E-state index in [4.69, 9.17) is 0 Å². The van der Waals surface area contributed by atoms with Gasteiger partial charge in [-0.05, 0) is 25.0 Å². The molecule has 0 bridgehead atoms. The number of carbonyl (C=O) groups excluding carboxylic acids is 2. The van der Waals surface area contributed by atoms with Gasteiger partial charge in [0.1, 0.15) is 0 Å². The van der Waals surface area contributed by atoms with Crippen LogP contribution in [0.3, 0.4) is 0 Å². The third kappa shape index (κ3) is 2.93. The van der Waals surface area contributed by atoms with Gasteiger partial charge in [0.2, 0.25) is 0 Å². The zero-order valence-corrected chi connectivity index (χ0v) is 10.7. The number of nitro benzene ring substituents is 1. The zero-order valence-electron chi connectivity index (χ0n) is 10.7. The van der Waals surface area contributed by atoms with Crippen molar-refractivity contribution in [1.29, 1.82) is 0 Å². The molecule has 106 valence electrons. The van der Waals surface area contributed by atoms with Crippen molar-refractivity contribution in [3.8, 4) is 0 Å². The van der Waals surface area contributed by atoms with Crippen molar-refractivity contribution < 1.29 is 19.6 Å². The van der Waals surface area contributed by atoms with Crippen molar-refractivity contribution in [3.63, 3.8) is 0 Å². The predicted molar refractivity (Wildman–Crippen MR) is 66.7 cm³/mol. The van der Waals surface area contributed by atoms with Gasteiger partial charge in [0, 0.05) is 42.7 Å². The molecule has 1 aromatic rings. The molecule has 0 unspecified atom stereocenters. The van der Waals surface area contributed by atoms with Gasteiger partial charge in [-0.1, -0.05) is 0 Å². The molecule has 7 nitrogen and oxygen atoms in total. The summed E-state index contributed by atoms with van der Waals surface area (Å²) in [5.41, 5.74) is 0.291. The lowest BCUT2D eigenvalue weighted by molar-refractivity contribution is -0.384. The number of piperidine rings is 1. The zero-order chi connectivity index (χ0) is 14.7. The van der Waals surface area contributed by atoms with Crippen molar-refractivity contribution in [3.05, 3.63) is 39.9 Å². The van der Waals surface area contributed by atoms with Gasteiger partial charge < -0.3 is 14.8 Å². The predicted octanol–water partition coefficient (Wildman–Crippen LogP) is 0.197. The number of aliphatic carboxylic acids is 1. The van der Waals surface area contributed by atoms with E-state index in [2.05, 4.69) is 0 Å². The van der Waals surface area contributed by atoms with Crippen LogP contribution in [-0.2, 0) is 4.79 Å². The van der Waals surface area contributed by atoms with Crippen molar-refractivity contribution in [2.24, 2.45) is 5.92 Å². The molecular weight excluding hydrogens is 264 g/mol. The van der Waals surface area contributed by atoms with Gasteiger partial charge in [0.25, 0.3) is 11.6 Å². The van der Waals surface area contributed by atoms with Gasteiger partial charge in [-0.25, -0.2) is 0 Å². The third-order valence-corrected chi connectivity index (χ3v) is 3.44. The molecule has 0 atom stereocenters. The summed E-state index contributed by atoms with van der Waals surface area (Å²) in [5, 5.41) is 21.3. The van der Waals surface area contributed by atoms with E-state index < -0.39 is 16.8 Å². The molecule has 0 spiro atoms. The number of rotatable bonds is 3. The minimum atomic E-state index is -1.08. The lowest BCUT2D eigenvalue weighted by atomic mass is 9.96. The van der Waals surface area contributed by atoms with Crippen LogP contribution in [0.15, 0.2) is 24.3 Å². The molecule has 0 aromatic heterocycles. The van der Waals surface area contributed by atoms with Gasteiger partial charge >= 0.3 is 0 Å². The molecule has 0 saturated carbocycles. The highest BCUT2D eigenvalue weighted by atomic mass is 16.6. The van der Waals surface area contributed by atoms with E-state index in [1.54, 1.807) is 4.90 Å². The maximum Gasteiger partial charge on any atom is 0.269 e. The maximum atomic E-state index is 12.2. The number of hydrogen-bond donors (Lipinski definition) is 0. The second kappa shape index (κ2) is 5.68. The number of likely N-dealkylation sites (tertiary alicyclic amines) is 1. The van der Waals surface area contributed by atoms with Crippen LogP contribution in [0.4, 0.5) is 5.69 Å². The summed E-state index contributed by atoms with van der Waals surface area (Å²) in [7, 11) is 0. The Hall–Kier alpha value is -2.44. The molecule has 1 saturated heterocycles. The van der Waals surface area contributed by atoms with Crippen LogP contribution in [0.25, 0.3) is 0 Å². The Morgan fingerprint density at radius 3 is 2.15 bits per heavy atom. The Balaban J connectivity index is 2.01. The number of carbonyl (C=O) groups is 2. The largest absolute Gasteiger partial charge is 0.550 e. The first-order valence-corrected chi connectivity index (χ1v) is 6.23. The van der Waals surface area contributed by atoms with Crippen LogP contribution in [0, 0.1) is 16.0 Å². The van der Waals surface area contributed by atoms with Crippen LogP contribution in [-0.4, -0.2) is 34.8 Å². The van der Waals surface area contributed by atoms with Crippen molar-refractivity contribution in [2.75, 3.05) is 13.1 Å². The fraction of sp³-hybridized carbons (Fsp3) is 0.385. The number of nitrogens with zero attached hydrogens (tertiary/aromatic N) is 2. The number of amides is 1. The molecule has 7 heteroatoms. The molecule has 1 heterocycles. The maximum absolute atomic E-state index is 12.2. The Morgan fingerprint density at radius 1 is 1.15 bits per heavy atom. The first-order chi connectivity index (χ1) is 9.49. The second-order valence-electron chi connectivity index (χ2n) is 4.69. The number of benzene rings is 1. The third-order valence-electron chi connectivity index (χ3n) is 3.44. The molecular formula is C13H13N2O5-. The smallest absolute Gasteiger partial charge is 0.269 e. The fourth-order valence-electron chi connectivity index (χ4n) is 2.23. The second-order valence-corrected chi connectivity index (χ2v) is 4.69. The highest BCUT2D eigenvalue weighted by Crippen LogP contribution is 2.19. The molecule has 1 aliphatic rings. The molecule has 1 aliphatic heterocycles. The van der Waals surface area contributed by atoms with Crippen molar-refractivity contribution >= 4 is 17.6 Å². The summed E-state index contributed by atoms with van der Waals surface area (Å²) in [6.07, 6.45) is 0.752. The van der Waals surface area contributed by atoms with E-state index in [0.29, 0.717) is 31.5 Å². The van der Waals surface area contributed by atoms with Gasteiger partial charge in [0.15, 0.2) is 0 Å². The van der Waals surface area contributed by atoms with Gasteiger partial charge in [0.05, 0.1) is 4.92 Å². The molecule has 20 heavy (non-hydrogen) atoms. The van der Waals surface area contributed by atoms with Crippen molar-refractivity contribution in [2.45, 2.75) is 12.8 Å². The molecule has 2 rings (SSSR count). The van der Waals surface area contributed by atoms with Crippen LogP contribution < -0.4 is 5.11 Å². The van der Waals surface area contributed by atoms with E-state index in [0.717, 1.165) is 0 Å². The quantitative estimate of drug-likeness (QED) is 0.579. The van der Waals surface area contributed by atoms with E-state index in [9.17, 15) is 24.8 Å². The van der Waals surface area contributed by atoms with Gasteiger partial charge in [-0.15, -0.1) is 0 Å². The van der Waals surface area contributed by atoms with E-state index >= 15 is 0 Å². The Kier molecular flexibility index (Phi) is 3.97. The lowest BCUT2D eigenvalue weighted by Crippen LogP contribution is -2.43. The van der Waals surface area contributed by atoms with Crippen molar-refractivity contribution in [1.82, 2.24) is 4.90 Å². The van der Waals surface area contributed by atoms with Gasteiger partial charge in [-0.2, -0.15) is 0 Å². The minimum absolute atomic E-state index is 0.0720. The lowest BCUT2D eigenvalue weighted by Gasteiger charge is -2.32. The average molecular weight is 277 g/mol. The fourth-order valence-corrected chi connectivity index (χ4v) is 2.23. The summed E-state index contributed by atoms with van der Waals surface area (Å²) in [5.74, 6) is -1.82. The van der Waals surface area contributed by atoms with E-state index in [-0.39, 0.29) is 11.6 Å². The highest BCUT2D eigenvalue weighted by Gasteiger charge is 2.24. The molecule has 1 amide bonds. The number of carboxylic acids is 1. The standard InChI is InChI=1S/C13H14N2O5/c16-12(9-1-3-11(4-2-9)15(19)20)14-7-5-10(6-8-14)13(17)18/h1-4,10H,5-8H2,(H,17,18)/p-1. The molecule has 1 aromatic carbocycles. The highest BCUT2D eigenvalue weighted by molar-refractivity contribution is 5.94. The molecule has 0 radical (unpaired) electrons. The van der Waals surface area contributed by atoms with Crippen LogP contribution in [0.2, 0.25) is 0 Å². The first kappa shape index (κ1) is 14.0. The Bertz CT molecular complexity index is 532. The molecule has 0 N–H and O–H groups in total. The molecule has 1 fully saturated rings. The van der Waals surface area contributed by atoms with Crippen LogP contribution >= 0.6 is 0 Å². The first-order valence-electron chi connectivity index (χ1n) is 6.23. The number of non-ortho nitro benzene ring substituents is 1. The summed E-state index contributed by atoms with van der Waals surface area (Å²) >= 11 is 0. The summed E-state index contributed by atoms with van der Waals surface area (Å²) in [6.45, 7) is 0.711.